The molecule has 0 aromatic heterocycles. The third-order valence-electron chi connectivity index (χ3n) is 2.30. The summed E-state index contributed by atoms with van der Waals surface area (Å²) in [5.74, 6) is -0.864. The van der Waals surface area contributed by atoms with E-state index in [4.69, 9.17) is 4.74 Å². The Morgan fingerprint density at radius 3 is 2.29 bits per heavy atom. The molecule has 1 aliphatic rings. The number of ether oxygens (including phenoxy) is 1. The monoisotopic (exact) mass is 199 g/mol. The van der Waals surface area contributed by atoms with Crippen LogP contribution >= 0.6 is 0 Å². The molecule has 1 aromatic rings. The zero-order chi connectivity index (χ0) is 10.1. The van der Waals surface area contributed by atoms with Crippen molar-refractivity contribution in [2.24, 2.45) is 0 Å². The Morgan fingerprint density at radius 2 is 1.86 bits per heavy atom. The molecule has 0 unspecified atom stereocenters. The molecule has 0 saturated carbocycles. The highest BCUT2D eigenvalue weighted by atomic mass is 19.1. The van der Waals surface area contributed by atoms with Crippen LogP contribution in [0.5, 0.6) is 5.75 Å². The SMILES string of the molecule is Cc1c(F)cc(OC2CNC2)cc1F. The van der Waals surface area contributed by atoms with Crippen molar-refractivity contribution in [3.8, 4) is 5.75 Å². The van der Waals surface area contributed by atoms with E-state index in [2.05, 4.69) is 5.32 Å². The Morgan fingerprint density at radius 1 is 1.29 bits per heavy atom. The standard InChI is InChI=1S/C10H11F2NO/c1-6-9(11)2-7(3-10(6)12)14-8-4-13-5-8/h2-3,8,13H,4-5H2,1H3. The first-order chi connectivity index (χ1) is 6.66. The zero-order valence-corrected chi connectivity index (χ0v) is 7.81. The van der Waals surface area contributed by atoms with Crippen LogP contribution in [0.2, 0.25) is 0 Å². The molecule has 1 N–H and O–H groups in total. The Labute approximate surface area is 80.9 Å². The van der Waals surface area contributed by atoms with Gasteiger partial charge in [-0.2, -0.15) is 0 Å². The zero-order valence-electron chi connectivity index (χ0n) is 7.81. The first kappa shape index (κ1) is 9.40. The van der Waals surface area contributed by atoms with Gasteiger partial charge < -0.3 is 10.1 Å². The second-order valence-corrected chi connectivity index (χ2v) is 3.41. The van der Waals surface area contributed by atoms with Gasteiger partial charge in [-0.05, 0) is 6.92 Å². The fraction of sp³-hybridized carbons (Fsp3) is 0.400. The van der Waals surface area contributed by atoms with Crippen LogP contribution in [0.4, 0.5) is 8.78 Å². The van der Waals surface area contributed by atoms with E-state index < -0.39 is 11.6 Å². The lowest BCUT2D eigenvalue weighted by Gasteiger charge is -2.27. The van der Waals surface area contributed by atoms with Gasteiger partial charge in [0.2, 0.25) is 0 Å². The van der Waals surface area contributed by atoms with Gasteiger partial charge in [0, 0.05) is 30.8 Å². The third-order valence-corrected chi connectivity index (χ3v) is 2.30. The smallest absolute Gasteiger partial charge is 0.132 e. The van der Waals surface area contributed by atoms with Crippen molar-refractivity contribution in [2.75, 3.05) is 13.1 Å². The summed E-state index contributed by atoms with van der Waals surface area (Å²) in [4.78, 5) is 0. The maximum Gasteiger partial charge on any atom is 0.132 e. The molecule has 76 valence electrons. The molecule has 14 heavy (non-hydrogen) atoms. The maximum atomic E-state index is 13.1. The van der Waals surface area contributed by atoms with Crippen LogP contribution < -0.4 is 10.1 Å². The van der Waals surface area contributed by atoms with Gasteiger partial charge in [0.05, 0.1) is 0 Å². The molecule has 1 saturated heterocycles. The molecule has 0 aliphatic carbocycles. The van der Waals surface area contributed by atoms with E-state index in [9.17, 15) is 8.78 Å². The van der Waals surface area contributed by atoms with Gasteiger partial charge in [-0.15, -0.1) is 0 Å². The molecule has 0 amide bonds. The molecule has 0 radical (unpaired) electrons. The van der Waals surface area contributed by atoms with Crippen LogP contribution in [0.25, 0.3) is 0 Å². The lowest BCUT2D eigenvalue weighted by molar-refractivity contribution is 0.141. The van der Waals surface area contributed by atoms with Gasteiger partial charge in [0.1, 0.15) is 23.5 Å². The highest BCUT2D eigenvalue weighted by Crippen LogP contribution is 2.21. The molecule has 0 atom stereocenters. The lowest BCUT2D eigenvalue weighted by atomic mass is 10.2. The molecule has 4 heteroatoms. The topological polar surface area (TPSA) is 21.3 Å². The molecule has 1 heterocycles. The molecule has 1 fully saturated rings. The second-order valence-electron chi connectivity index (χ2n) is 3.41. The van der Waals surface area contributed by atoms with Crippen LogP contribution in [-0.2, 0) is 0 Å². The number of hydrogen-bond donors (Lipinski definition) is 1. The summed E-state index contributed by atoms with van der Waals surface area (Å²) >= 11 is 0. The summed E-state index contributed by atoms with van der Waals surface area (Å²) < 4.78 is 31.5. The summed E-state index contributed by atoms with van der Waals surface area (Å²) in [6.07, 6.45) is 0.0384. The molecule has 0 bridgehead atoms. The number of benzene rings is 1. The fourth-order valence-electron chi connectivity index (χ4n) is 1.23. The van der Waals surface area contributed by atoms with Crippen LogP contribution in [0.15, 0.2) is 12.1 Å². The van der Waals surface area contributed by atoms with Gasteiger partial charge >= 0.3 is 0 Å². The van der Waals surface area contributed by atoms with Gasteiger partial charge in [0.25, 0.3) is 0 Å². The largest absolute Gasteiger partial charge is 0.488 e. The Kier molecular flexibility index (Phi) is 2.37. The predicted molar refractivity (Wildman–Crippen MR) is 48.4 cm³/mol. The highest BCUT2D eigenvalue weighted by Gasteiger charge is 2.19. The number of rotatable bonds is 2. The second kappa shape index (κ2) is 3.53. The summed E-state index contributed by atoms with van der Waals surface area (Å²) in [7, 11) is 0. The minimum Gasteiger partial charge on any atom is -0.488 e. The average molecular weight is 199 g/mol. The minimum absolute atomic E-state index is 0.0316. The van der Waals surface area contributed by atoms with E-state index in [0.717, 1.165) is 13.1 Å². The first-order valence-corrected chi connectivity index (χ1v) is 4.50. The predicted octanol–water partition coefficient (Wildman–Crippen LogP) is 1.62. The molecular weight excluding hydrogens is 188 g/mol. The number of halogens is 2. The van der Waals surface area contributed by atoms with Gasteiger partial charge in [-0.1, -0.05) is 0 Å². The van der Waals surface area contributed by atoms with Crippen LogP contribution in [0.1, 0.15) is 5.56 Å². The van der Waals surface area contributed by atoms with E-state index in [-0.39, 0.29) is 17.4 Å². The van der Waals surface area contributed by atoms with Crippen molar-refractivity contribution in [3.63, 3.8) is 0 Å². The van der Waals surface area contributed by atoms with Crippen molar-refractivity contribution in [1.29, 1.82) is 0 Å². The minimum atomic E-state index is -0.563. The fourth-order valence-corrected chi connectivity index (χ4v) is 1.23. The molecule has 1 aliphatic heterocycles. The lowest BCUT2D eigenvalue weighted by Crippen LogP contribution is -2.50. The van der Waals surface area contributed by atoms with Crippen molar-refractivity contribution < 1.29 is 13.5 Å². The van der Waals surface area contributed by atoms with E-state index in [1.54, 1.807) is 0 Å². The van der Waals surface area contributed by atoms with Crippen molar-refractivity contribution in [3.05, 3.63) is 29.3 Å². The normalized spacial score (nSPS) is 16.5. The number of hydrogen-bond acceptors (Lipinski definition) is 2. The average Bonchev–Trinajstić information content (AvgIpc) is 2.07. The highest BCUT2D eigenvalue weighted by molar-refractivity contribution is 5.30. The van der Waals surface area contributed by atoms with Crippen molar-refractivity contribution in [1.82, 2.24) is 5.32 Å². The van der Waals surface area contributed by atoms with Crippen LogP contribution in [0, 0.1) is 18.6 Å². The summed E-state index contributed by atoms with van der Waals surface area (Å²) in [5, 5.41) is 3.01. The van der Waals surface area contributed by atoms with Gasteiger partial charge in [-0.3, -0.25) is 0 Å². The summed E-state index contributed by atoms with van der Waals surface area (Å²) in [6.45, 7) is 2.87. The molecular formula is C10H11F2NO. The quantitative estimate of drug-likeness (QED) is 0.781. The van der Waals surface area contributed by atoms with Gasteiger partial charge in [-0.25, -0.2) is 8.78 Å². The molecule has 2 nitrogen and oxygen atoms in total. The summed E-state index contributed by atoms with van der Waals surface area (Å²) in [6, 6.07) is 2.44. The molecule has 0 spiro atoms. The van der Waals surface area contributed by atoms with Gasteiger partial charge in [0.15, 0.2) is 0 Å². The third kappa shape index (κ3) is 1.70. The Hall–Kier alpha value is -1.16. The molecule has 2 rings (SSSR count). The Balaban J connectivity index is 2.17. The Bertz CT molecular complexity index is 327. The first-order valence-electron chi connectivity index (χ1n) is 4.50. The van der Waals surface area contributed by atoms with Crippen LogP contribution in [-0.4, -0.2) is 19.2 Å². The van der Waals surface area contributed by atoms with E-state index in [1.165, 1.54) is 19.1 Å². The van der Waals surface area contributed by atoms with E-state index in [0.29, 0.717) is 0 Å². The van der Waals surface area contributed by atoms with E-state index >= 15 is 0 Å². The van der Waals surface area contributed by atoms with Crippen LogP contribution in [0.3, 0.4) is 0 Å². The molecule has 1 aromatic carbocycles. The van der Waals surface area contributed by atoms with Crippen molar-refractivity contribution in [2.45, 2.75) is 13.0 Å². The van der Waals surface area contributed by atoms with Crippen molar-refractivity contribution >= 4 is 0 Å². The maximum absolute atomic E-state index is 13.1. The van der Waals surface area contributed by atoms with E-state index in [1.807, 2.05) is 0 Å². The summed E-state index contributed by atoms with van der Waals surface area (Å²) in [5.41, 5.74) is 0.0316. The number of nitrogens with one attached hydrogen (secondary N) is 1.